The second-order valence-electron chi connectivity index (χ2n) is 9.14. The minimum Gasteiger partial charge on any atom is -0.497 e. The number of methoxy groups -OCH3 is 2. The van der Waals surface area contributed by atoms with Crippen molar-refractivity contribution in [1.29, 1.82) is 0 Å². The summed E-state index contributed by atoms with van der Waals surface area (Å²) < 4.78 is 16.7. The molecule has 0 bridgehead atoms. The van der Waals surface area contributed by atoms with Crippen molar-refractivity contribution < 1.29 is 23.8 Å². The van der Waals surface area contributed by atoms with Crippen LogP contribution in [0.1, 0.15) is 64.9 Å². The molecule has 2 aliphatic rings. The Labute approximate surface area is 184 Å². The van der Waals surface area contributed by atoms with Gasteiger partial charge in [0, 0.05) is 34.9 Å². The van der Waals surface area contributed by atoms with E-state index in [2.05, 4.69) is 13.8 Å². The molecule has 2 atom stereocenters. The van der Waals surface area contributed by atoms with Gasteiger partial charge in [0.05, 0.1) is 20.8 Å². The quantitative estimate of drug-likeness (QED) is 0.459. The van der Waals surface area contributed by atoms with Gasteiger partial charge in [-0.25, -0.2) is 0 Å². The van der Waals surface area contributed by atoms with E-state index >= 15 is 0 Å². The molecule has 3 rings (SSSR count). The number of esters is 1. The predicted octanol–water partition coefficient (Wildman–Crippen LogP) is 4.86. The number of allylic oxidation sites excluding steroid dienone is 2. The van der Waals surface area contributed by atoms with Crippen molar-refractivity contribution in [3.05, 3.63) is 35.0 Å². The fourth-order valence-corrected chi connectivity index (χ4v) is 4.58. The highest BCUT2D eigenvalue weighted by Gasteiger charge is 2.47. The molecule has 0 amide bonds. The smallest absolute Gasteiger partial charge is 0.315 e. The van der Waals surface area contributed by atoms with Gasteiger partial charge < -0.3 is 14.2 Å². The van der Waals surface area contributed by atoms with E-state index in [1.54, 1.807) is 14.2 Å². The van der Waals surface area contributed by atoms with Crippen molar-refractivity contribution in [2.75, 3.05) is 20.8 Å². The maximum absolute atomic E-state index is 13.4. The third-order valence-electron chi connectivity index (χ3n) is 6.07. The van der Waals surface area contributed by atoms with Crippen molar-refractivity contribution in [1.82, 2.24) is 0 Å². The van der Waals surface area contributed by atoms with Gasteiger partial charge >= 0.3 is 5.97 Å². The molecule has 0 radical (unpaired) electrons. The SMILES string of the molecule is CCCCOC(=O)C1C(C)=NC2=C(C(=O)CC(C)(C)C2)[C@H]1c1cc(OC)ccc1OC. The molecule has 0 aromatic heterocycles. The van der Waals surface area contributed by atoms with Gasteiger partial charge in [0.1, 0.15) is 17.4 Å². The first kappa shape index (κ1) is 23.0. The molecule has 168 valence electrons. The van der Waals surface area contributed by atoms with E-state index in [9.17, 15) is 9.59 Å². The fourth-order valence-electron chi connectivity index (χ4n) is 4.58. The average Bonchev–Trinajstić information content (AvgIpc) is 2.71. The lowest BCUT2D eigenvalue weighted by Crippen LogP contribution is -2.39. The minimum absolute atomic E-state index is 0.0312. The molecule has 0 fully saturated rings. The Morgan fingerprint density at radius 1 is 1.19 bits per heavy atom. The summed E-state index contributed by atoms with van der Waals surface area (Å²) in [6, 6.07) is 5.47. The van der Waals surface area contributed by atoms with Gasteiger partial charge in [0.15, 0.2) is 5.78 Å². The molecule has 1 heterocycles. The summed E-state index contributed by atoms with van der Waals surface area (Å²) in [7, 11) is 3.18. The van der Waals surface area contributed by atoms with Crippen LogP contribution in [0.4, 0.5) is 0 Å². The van der Waals surface area contributed by atoms with E-state index in [1.807, 2.05) is 32.0 Å². The van der Waals surface area contributed by atoms with Gasteiger partial charge in [0.25, 0.3) is 0 Å². The Kier molecular flexibility index (Phi) is 6.87. The minimum atomic E-state index is -0.679. The van der Waals surface area contributed by atoms with Gasteiger partial charge in [0.2, 0.25) is 0 Å². The summed E-state index contributed by atoms with van der Waals surface area (Å²) >= 11 is 0. The van der Waals surface area contributed by atoms with E-state index in [-0.39, 0.29) is 17.2 Å². The second kappa shape index (κ2) is 9.25. The molecule has 0 spiro atoms. The molecular weight excluding hydrogens is 394 g/mol. The number of rotatable bonds is 7. The van der Waals surface area contributed by atoms with Gasteiger partial charge in [-0.15, -0.1) is 0 Å². The molecule has 1 aromatic rings. The summed E-state index contributed by atoms with van der Waals surface area (Å²) in [5, 5.41) is 0. The van der Waals surface area contributed by atoms with Gasteiger partial charge in [-0.1, -0.05) is 27.2 Å². The molecule has 6 heteroatoms. The zero-order valence-corrected chi connectivity index (χ0v) is 19.4. The maximum atomic E-state index is 13.4. The highest BCUT2D eigenvalue weighted by molar-refractivity contribution is 6.09. The van der Waals surface area contributed by atoms with E-state index in [0.29, 0.717) is 42.2 Å². The lowest BCUT2D eigenvalue weighted by molar-refractivity contribution is -0.146. The van der Waals surface area contributed by atoms with E-state index in [1.165, 1.54) is 0 Å². The lowest BCUT2D eigenvalue weighted by atomic mass is 9.66. The maximum Gasteiger partial charge on any atom is 0.315 e. The van der Waals surface area contributed by atoms with Crippen LogP contribution < -0.4 is 9.47 Å². The van der Waals surface area contributed by atoms with Crippen molar-refractivity contribution in [2.24, 2.45) is 16.3 Å². The van der Waals surface area contributed by atoms with E-state index < -0.39 is 11.8 Å². The van der Waals surface area contributed by atoms with Crippen molar-refractivity contribution in [3.63, 3.8) is 0 Å². The third kappa shape index (κ3) is 4.68. The number of hydrogen-bond donors (Lipinski definition) is 0. The van der Waals surface area contributed by atoms with Gasteiger partial charge in [-0.3, -0.25) is 14.6 Å². The molecule has 1 aliphatic heterocycles. The average molecular weight is 428 g/mol. The monoisotopic (exact) mass is 427 g/mol. The number of ketones is 1. The summed E-state index contributed by atoms with van der Waals surface area (Å²) in [6.07, 6.45) is 2.83. The first-order valence-corrected chi connectivity index (χ1v) is 10.9. The molecule has 6 nitrogen and oxygen atoms in total. The van der Waals surface area contributed by atoms with E-state index in [4.69, 9.17) is 19.2 Å². The van der Waals surface area contributed by atoms with E-state index in [0.717, 1.165) is 24.1 Å². The molecular formula is C25H33NO5. The zero-order chi connectivity index (χ0) is 22.8. The highest BCUT2D eigenvalue weighted by Crippen LogP contribution is 2.50. The van der Waals surface area contributed by atoms with Crippen LogP contribution >= 0.6 is 0 Å². The van der Waals surface area contributed by atoms with Crippen LogP contribution in [0.3, 0.4) is 0 Å². The molecule has 0 N–H and O–H groups in total. The van der Waals surface area contributed by atoms with Gasteiger partial charge in [-0.2, -0.15) is 0 Å². The lowest BCUT2D eigenvalue weighted by Gasteiger charge is -2.39. The Bertz CT molecular complexity index is 928. The van der Waals surface area contributed by atoms with Crippen LogP contribution in [-0.4, -0.2) is 38.3 Å². The number of unbranched alkanes of at least 4 members (excludes halogenated alkanes) is 1. The second-order valence-corrected chi connectivity index (χ2v) is 9.14. The molecule has 0 saturated heterocycles. The number of Topliss-reactive ketones (excluding diaryl/α,β-unsaturated/α-hetero) is 1. The number of hydrogen-bond acceptors (Lipinski definition) is 6. The van der Waals surface area contributed by atoms with Crippen molar-refractivity contribution in [2.45, 2.75) is 59.3 Å². The third-order valence-corrected chi connectivity index (χ3v) is 6.07. The van der Waals surface area contributed by atoms with Crippen LogP contribution in [0.25, 0.3) is 0 Å². The summed E-state index contributed by atoms with van der Waals surface area (Å²) in [4.78, 5) is 31.3. The molecule has 1 aromatic carbocycles. The topological polar surface area (TPSA) is 74.2 Å². The standard InChI is InChI=1S/C25H33NO5/c1-7-8-11-31-24(28)21-15(2)26-18-13-25(3,4)14-19(27)23(18)22(21)17-12-16(29-5)9-10-20(17)30-6/h9-10,12,21-22H,7-8,11,13-14H2,1-6H3/t21?,22-/m0/s1. The Balaban J connectivity index is 2.17. The normalized spacial score (nSPS) is 22.5. The van der Waals surface area contributed by atoms with Crippen LogP contribution in [0.2, 0.25) is 0 Å². The van der Waals surface area contributed by atoms with Gasteiger partial charge in [-0.05, 0) is 43.4 Å². The van der Waals surface area contributed by atoms with Crippen molar-refractivity contribution in [3.8, 4) is 11.5 Å². The molecule has 0 saturated carbocycles. The van der Waals surface area contributed by atoms with Crippen LogP contribution in [0.5, 0.6) is 11.5 Å². The number of carbonyl (C=O) groups excluding carboxylic acids is 2. The first-order chi connectivity index (χ1) is 14.7. The number of nitrogens with zero attached hydrogens (tertiary/aromatic N) is 1. The number of aliphatic imine (C=N–C) groups is 1. The predicted molar refractivity (Wildman–Crippen MR) is 120 cm³/mol. The Morgan fingerprint density at radius 2 is 1.94 bits per heavy atom. The highest BCUT2D eigenvalue weighted by atomic mass is 16.5. The largest absolute Gasteiger partial charge is 0.497 e. The van der Waals surface area contributed by atoms with Crippen LogP contribution in [0, 0.1) is 11.3 Å². The molecule has 1 aliphatic carbocycles. The summed E-state index contributed by atoms with van der Waals surface area (Å²) in [5.41, 5.74) is 2.62. The molecule has 31 heavy (non-hydrogen) atoms. The first-order valence-electron chi connectivity index (χ1n) is 10.9. The number of benzene rings is 1. The fraction of sp³-hybridized carbons (Fsp3) is 0.560. The Hall–Kier alpha value is -2.63. The zero-order valence-electron chi connectivity index (χ0n) is 19.4. The van der Waals surface area contributed by atoms with Crippen LogP contribution in [-0.2, 0) is 14.3 Å². The number of ether oxygens (including phenoxy) is 3. The molecule has 1 unspecified atom stereocenters. The van der Waals surface area contributed by atoms with Crippen LogP contribution in [0.15, 0.2) is 34.5 Å². The van der Waals surface area contributed by atoms with Crippen molar-refractivity contribution >= 4 is 17.5 Å². The summed E-state index contributed by atoms with van der Waals surface area (Å²) in [5.74, 6) is -0.273. The Morgan fingerprint density at radius 3 is 2.58 bits per heavy atom. The summed E-state index contributed by atoms with van der Waals surface area (Å²) in [6.45, 7) is 8.40. The number of carbonyl (C=O) groups is 2.